The van der Waals surface area contributed by atoms with Gasteiger partial charge in [0.25, 0.3) is 11.8 Å². The monoisotopic (exact) mass is 1030 g/mol. The average Bonchev–Trinajstić information content (AvgIpc) is 4.10. The number of fused-ring (bicyclic) bond motifs is 1. The Labute approximate surface area is 438 Å². The quantitative estimate of drug-likeness (QED) is 0.0471. The van der Waals surface area contributed by atoms with Gasteiger partial charge in [0.2, 0.25) is 29.5 Å². The summed E-state index contributed by atoms with van der Waals surface area (Å²) in [6, 6.07) is 4.00. The number of methoxy groups -OCH3 is 2. The highest BCUT2D eigenvalue weighted by molar-refractivity contribution is 6.12. The lowest BCUT2D eigenvalue weighted by molar-refractivity contribution is -0.148. The molecule has 9 amide bonds. The number of H-pyrrole nitrogens is 1. The van der Waals surface area contributed by atoms with E-state index in [1.54, 1.807) is 23.8 Å². The summed E-state index contributed by atoms with van der Waals surface area (Å²) in [5.41, 5.74) is 7.56. The molecule has 0 spiro atoms. The third kappa shape index (κ3) is 16.3. The van der Waals surface area contributed by atoms with Gasteiger partial charge in [0.05, 0.1) is 42.7 Å². The number of hydrogen-bond donors (Lipinski definition) is 6. The number of nitrogens with one attached hydrogen (secondary N) is 5. The summed E-state index contributed by atoms with van der Waals surface area (Å²) in [7, 11) is 6.68. The molecule has 20 heteroatoms. The summed E-state index contributed by atoms with van der Waals surface area (Å²) >= 11 is 0. The summed E-state index contributed by atoms with van der Waals surface area (Å²) in [6.45, 7) is 15.3. The Hall–Kier alpha value is -5.86. The molecule has 2 aromatic rings. The largest absolute Gasteiger partial charge is 0.379 e. The minimum atomic E-state index is -0.975. The van der Waals surface area contributed by atoms with Gasteiger partial charge in [0.15, 0.2) is 0 Å². The number of nitrogens with two attached hydrogens (primary N) is 1. The lowest BCUT2D eigenvalue weighted by Crippen LogP contribution is -2.60. The molecule has 2 aliphatic heterocycles. The van der Waals surface area contributed by atoms with Crippen molar-refractivity contribution in [3.05, 3.63) is 48.2 Å². The number of rotatable bonds is 31. The van der Waals surface area contributed by atoms with E-state index in [9.17, 15) is 38.4 Å². The Morgan fingerprint density at radius 3 is 2.14 bits per heavy atom. The highest BCUT2D eigenvalue weighted by Gasteiger charge is 2.43. The second-order valence-electron chi connectivity index (χ2n) is 20.8. The van der Waals surface area contributed by atoms with E-state index in [1.807, 2.05) is 84.0 Å². The van der Waals surface area contributed by atoms with Crippen molar-refractivity contribution in [3.8, 4) is 0 Å². The van der Waals surface area contributed by atoms with Gasteiger partial charge in [-0.05, 0) is 68.7 Å². The minimum absolute atomic E-state index is 0.0406. The lowest BCUT2D eigenvalue weighted by atomic mass is 9.89. The first-order valence-corrected chi connectivity index (χ1v) is 26.5. The van der Waals surface area contributed by atoms with E-state index in [2.05, 4.69) is 26.3 Å². The number of primary amides is 1. The molecule has 0 aliphatic carbocycles. The summed E-state index contributed by atoms with van der Waals surface area (Å²) in [5.74, 6) is -3.77. The normalized spacial score (nSPS) is 18.1. The number of urea groups is 1. The van der Waals surface area contributed by atoms with E-state index in [4.69, 9.17) is 15.2 Å². The first kappa shape index (κ1) is 60.7. The number of unbranched alkanes of at least 4 members (excludes halogenated alkanes) is 3. The van der Waals surface area contributed by atoms with Gasteiger partial charge >= 0.3 is 6.03 Å². The number of likely N-dealkylation sites (N-methyl/N-ethyl adjacent to an activating group) is 2. The number of hydrogen-bond acceptors (Lipinski definition) is 11. The van der Waals surface area contributed by atoms with Gasteiger partial charge in [-0.3, -0.25) is 43.4 Å². The van der Waals surface area contributed by atoms with Gasteiger partial charge in [-0.15, -0.1) is 0 Å². The SMILES string of the molecule is CC[C@H](C)[C@@H]([C@@H](CC(=O)N1CCC[C@H]1[C@H](OC)[C@@H](C)C(=O)N[C@@H](Cc1c[nH]c2ccccc12)C(N)=O)OC)N(C)C(=O)[C@@H](NC(=O)[C@H](C(C)C)N(C)CCCCCCNC(=O)NCCN1C(=O)C=CC1=O)C(C)C. The van der Waals surface area contributed by atoms with Gasteiger partial charge < -0.3 is 51.3 Å². The maximum atomic E-state index is 14.7. The molecule has 2 aliphatic rings. The molecule has 412 valence electrons. The van der Waals surface area contributed by atoms with Crippen LogP contribution < -0.4 is 27.0 Å². The van der Waals surface area contributed by atoms with Crippen LogP contribution in [0.1, 0.15) is 105 Å². The predicted octanol–water partition coefficient (Wildman–Crippen LogP) is 3.48. The molecule has 0 bridgehead atoms. The van der Waals surface area contributed by atoms with Crippen molar-refractivity contribution >= 4 is 58.3 Å². The molecule has 7 N–H and O–H groups in total. The number of imide groups is 1. The number of para-hydroxylation sites is 1. The van der Waals surface area contributed by atoms with Crippen molar-refractivity contribution in [2.75, 3.05) is 61.0 Å². The van der Waals surface area contributed by atoms with Crippen molar-refractivity contribution in [2.24, 2.45) is 29.4 Å². The molecule has 9 atom stereocenters. The maximum absolute atomic E-state index is 14.7. The van der Waals surface area contributed by atoms with Crippen LogP contribution in [0.15, 0.2) is 42.6 Å². The second-order valence-corrected chi connectivity index (χ2v) is 20.8. The van der Waals surface area contributed by atoms with Crippen molar-refractivity contribution in [1.29, 1.82) is 0 Å². The van der Waals surface area contributed by atoms with Crippen LogP contribution in [0.25, 0.3) is 10.9 Å². The third-order valence-corrected chi connectivity index (χ3v) is 14.9. The number of likely N-dealkylation sites (tertiary alicyclic amines) is 1. The Kier molecular flexibility index (Phi) is 24.0. The zero-order valence-corrected chi connectivity index (χ0v) is 45.7. The van der Waals surface area contributed by atoms with Crippen LogP contribution in [0.3, 0.4) is 0 Å². The standard InChI is InChI=1S/C54H86N10O10/c1-12-35(6)48(42(73-10)31-45(67)63-28-19-22-41(63)49(74-11)36(7)51(69)59-40(50(55)68)30-37-32-58-39-21-16-15-20-38(37)39)62(9)53(71)46(33(2)3)60-52(70)47(34(4)5)61(8)27-18-14-13-17-25-56-54(72)57-26-29-64-43(65)23-24-44(64)66/h15-16,20-21,23-24,32-36,40-42,46-49,58H,12-14,17-19,22,25-31H2,1-11H3,(H2,55,68)(H,59,69)(H,60,70)(H2,56,57,72)/t35-,36+,40-,41-,42+,46-,47-,48-,49+/m0/s1. The number of amides is 9. The van der Waals surface area contributed by atoms with Crippen LogP contribution in [0.5, 0.6) is 0 Å². The summed E-state index contributed by atoms with van der Waals surface area (Å²) in [5, 5.41) is 12.4. The summed E-state index contributed by atoms with van der Waals surface area (Å²) in [4.78, 5) is 115. The number of carbonyl (C=O) groups excluding carboxylic acids is 8. The van der Waals surface area contributed by atoms with Crippen molar-refractivity contribution in [1.82, 2.24) is 45.9 Å². The predicted molar refractivity (Wildman–Crippen MR) is 283 cm³/mol. The average molecular weight is 1040 g/mol. The van der Waals surface area contributed by atoms with Crippen LogP contribution in [0.2, 0.25) is 0 Å². The highest BCUT2D eigenvalue weighted by atomic mass is 16.5. The number of aromatic nitrogens is 1. The Morgan fingerprint density at radius 2 is 1.51 bits per heavy atom. The molecule has 4 rings (SSSR count). The molecule has 1 aromatic heterocycles. The van der Waals surface area contributed by atoms with Gasteiger partial charge in [0, 0.05) is 83.1 Å². The van der Waals surface area contributed by atoms with E-state index < -0.39 is 72.0 Å². The van der Waals surface area contributed by atoms with Crippen LogP contribution in [-0.4, -0.2) is 175 Å². The molecular formula is C54H86N10O10. The number of aromatic amines is 1. The zero-order chi connectivity index (χ0) is 54.8. The summed E-state index contributed by atoms with van der Waals surface area (Å²) in [6.07, 6.45) is 8.25. The molecule has 1 aromatic carbocycles. The fourth-order valence-corrected chi connectivity index (χ4v) is 10.5. The van der Waals surface area contributed by atoms with Gasteiger partial charge in [-0.1, -0.05) is 85.9 Å². The van der Waals surface area contributed by atoms with Gasteiger partial charge in [-0.2, -0.15) is 0 Å². The molecule has 0 saturated carbocycles. The molecule has 3 heterocycles. The lowest BCUT2D eigenvalue weighted by Gasteiger charge is -2.41. The van der Waals surface area contributed by atoms with Crippen molar-refractivity contribution in [3.63, 3.8) is 0 Å². The Balaban J connectivity index is 1.33. The van der Waals surface area contributed by atoms with Crippen molar-refractivity contribution in [2.45, 2.75) is 149 Å². The number of carbonyl (C=O) groups is 8. The van der Waals surface area contributed by atoms with Crippen LogP contribution in [0.4, 0.5) is 4.79 Å². The highest BCUT2D eigenvalue weighted by Crippen LogP contribution is 2.30. The third-order valence-electron chi connectivity index (χ3n) is 14.9. The molecule has 1 saturated heterocycles. The first-order valence-electron chi connectivity index (χ1n) is 26.5. The smallest absolute Gasteiger partial charge is 0.314 e. The van der Waals surface area contributed by atoms with Crippen LogP contribution in [-0.2, 0) is 49.5 Å². The first-order chi connectivity index (χ1) is 35.2. The fraction of sp³-hybridized carbons (Fsp3) is 0.667. The van der Waals surface area contributed by atoms with E-state index in [0.717, 1.165) is 47.0 Å². The van der Waals surface area contributed by atoms with Gasteiger partial charge in [0.1, 0.15) is 12.1 Å². The van der Waals surface area contributed by atoms with Gasteiger partial charge in [-0.25, -0.2) is 4.79 Å². The maximum Gasteiger partial charge on any atom is 0.314 e. The summed E-state index contributed by atoms with van der Waals surface area (Å²) < 4.78 is 12.1. The van der Waals surface area contributed by atoms with Crippen molar-refractivity contribution < 1.29 is 47.8 Å². The molecular weight excluding hydrogens is 949 g/mol. The Bertz CT molecular complexity index is 2230. The molecule has 20 nitrogen and oxygen atoms in total. The second kappa shape index (κ2) is 29.3. The van der Waals surface area contributed by atoms with Crippen LogP contribution >= 0.6 is 0 Å². The van der Waals surface area contributed by atoms with Crippen LogP contribution in [0, 0.1) is 23.7 Å². The fourth-order valence-electron chi connectivity index (χ4n) is 10.5. The molecule has 0 unspecified atom stereocenters. The zero-order valence-electron chi connectivity index (χ0n) is 45.7. The number of nitrogens with zero attached hydrogens (tertiary/aromatic N) is 4. The molecule has 0 radical (unpaired) electrons. The minimum Gasteiger partial charge on any atom is -0.379 e. The van der Waals surface area contributed by atoms with E-state index in [0.29, 0.717) is 38.9 Å². The van der Waals surface area contributed by atoms with E-state index in [-0.39, 0.29) is 67.4 Å². The van der Waals surface area contributed by atoms with E-state index >= 15 is 0 Å². The number of benzene rings is 1. The molecule has 1 fully saturated rings. The number of ether oxygens (including phenoxy) is 2. The topological polar surface area (TPSA) is 258 Å². The van der Waals surface area contributed by atoms with E-state index in [1.165, 1.54) is 26.4 Å². The Morgan fingerprint density at radius 1 is 0.851 bits per heavy atom. The molecule has 74 heavy (non-hydrogen) atoms.